The number of anilines is 1. The van der Waals surface area contributed by atoms with E-state index in [2.05, 4.69) is 5.32 Å². The van der Waals surface area contributed by atoms with E-state index in [0.717, 1.165) is 18.4 Å². The Labute approximate surface area is 177 Å². The number of sulfonamides is 1. The summed E-state index contributed by atoms with van der Waals surface area (Å²) in [5.74, 6) is 0.974. The molecule has 2 bridgehead atoms. The molecule has 154 valence electrons. The topological polar surface area (TPSA) is 66.5 Å². The van der Waals surface area contributed by atoms with Crippen LogP contribution in [0.4, 0.5) is 5.69 Å². The third kappa shape index (κ3) is 4.28. The molecule has 0 radical (unpaired) electrons. The molecule has 0 unspecified atom stereocenters. The molecular weight excluding hydrogens is 408 g/mol. The van der Waals surface area contributed by atoms with Gasteiger partial charge in [0.1, 0.15) is 6.54 Å². The molecule has 3 atom stereocenters. The molecule has 2 aromatic rings. The van der Waals surface area contributed by atoms with Gasteiger partial charge in [0.25, 0.3) is 10.0 Å². The number of carbonyl (C=O) groups excluding carboxylic acids is 1. The van der Waals surface area contributed by atoms with E-state index in [1.807, 2.05) is 13.0 Å². The van der Waals surface area contributed by atoms with Crippen molar-refractivity contribution >= 4 is 33.2 Å². The molecule has 0 heterocycles. The quantitative estimate of drug-likeness (QED) is 0.745. The number of fused-ring (bicyclic) bond motifs is 2. The number of hydrogen-bond acceptors (Lipinski definition) is 3. The highest BCUT2D eigenvalue weighted by atomic mass is 35.5. The van der Waals surface area contributed by atoms with Crippen molar-refractivity contribution in [3.63, 3.8) is 0 Å². The fourth-order valence-corrected chi connectivity index (χ4v) is 6.18. The maximum Gasteiger partial charge on any atom is 0.264 e. The Morgan fingerprint density at radius 2 is 1.90 bits per heavy atom. The van der Waals surface area contributed by atoms with Crippen LogP contribution in [0.3, 0.4) is 0 Å². The first kappa shape index (κ1) is 20.2. The van der Waals surface area contributed by atoms with Crippen LogP contribution < -0.4 is 9.62 Å². The Morgan fingerprint density at radius 3 is 2.52 bits per heavy atom. The van der Waals surface area contributed by atoms with Crippen molar-refractivity contribution in [1.82, 2.24) is 5.32 Å². The highest BCUT2D eigenvalue weighted by Crippen LogP contribution is 2.44. The summed E-state index contributed by atoms with van der Waals surface area (Å²) in [5, 5.41) is 3.55. The van der Waals surface area contributed by atoms with Crippen molar-refractivity contribution in [2.45, 2.75) is 43.5 Å². The van der Waals surface area contributed by atoms with Crippen LogP contribution in [0.15, 0.2) is 53.4 Å². The zero-order chi connectivity index (χ0) is 20.6. The van der Waals surface area contributed by atoms with E-state index in [4.69, 9.17) is 11.6 Å². The normalized spacial score (nSPS) is 23.2. The minimum absolute atomic E-state index is 0.108. The van der Waals surface area contributed by atoms with E-state index < -0.39 is 10.0 Å². The summed E-state index contributed by atoms with van der Waals surface area (Å²) in [6.45, 7) is 1.65. The van der Waals surface area contributed by atoms with Crippen molar-refractivity contribution in [2.75, 3.05) is 10.8 Å². The minimum Gasteiger partial charge on any atom is -0.352 e. The summed E-state index contributed by atoms with van der Waals surface area (Å²) in [6, 6.07) is 13.4. The second-order valence-corrected chi connectivity index (χ2v) is 10.5. The van der Waals surface area contributed by atoms with Crippen LogP contribution in [0.5, 0.6) is 0 Å². The van der Waals surface area contributed by atoms with Crippen LogP contribution in [0, 0.1) is 18.8 Å². The highest BCUT2D eigenvalue weighted by molar-refractivity contribution is 7.92. The molecule has 5 nitrogen and oxygen atoms in total. The smallest absolute Gasteiger partial charge is 0.264 e. The molecule has 2 aliphatic carbocycles. The largest absolute Gasteiger partial charge is 0.352 e. The molecule has 0 spiro atoms. The summed E-state index contributed by atoms with van der Waals surface area (Å²) < 4.78 is 27.9. The molecule has 0 saturated heterocycles. The molecule has 1 amide bonds. The fraction of sp³-hybridized carbons (Fsp3) is 0.409. The van der Waals surface area contributed by atoms with Gasteiger partial charge in [-0.2, -0.15) is 0 Å². The third-order valence-electron chi connectivity index (χ3n) is 6.06. The van der Waals surface area contributed by atoms with Gasteiger partial charge in [0.2, 0.25) is 5.91 Å². The van der Waals surface area contributed by atoms with Gasteiger partial charge >= 0.3 is 0 Å². The monoisotopic (exact) mass is 432 g/mol. The summed E-state index contributed by atoms with van der Waals surface area (Å²) in [5.41, 5.74) is 1.40. The number of benzene rings is 2. The lowest BCUT2D eigenvalue weighted by molar-refractivity contribution is -0.120. The van der Waals surface area contributed by atoms with Crippen molar-refractivity contribution in [1.29, 1.82) is 0 Å². The van der Waals surface area contributed by atoms with Crippen LogP contribution in [-0.4, -0.2) is 26.9 Å². The second kappa shape index (κ2) is 8.00. The molecular formula is C22H25ClN2O3S. The van der Waals surface area contributed by atoms with E-state index in [9.17, 15) is 13.2 Å². The molecule has 0 aliphatic heterocycles. The maximum absolute atomic E-state index is 13.4. The maximum atomic E-state index is 13.4. The van der Waals surface area contributed by atoms with Gasteiger partial charge in [-0.25, -0.2) is 8.42 Å². The molecule has 2 aromatic carbocycles. The Kier molecular flexibility index (Phi) is 5.58. The van der Waals surface area contributed by atoms with Crippen LogP contribution in [-0.2, 0) is 14.8 Å². The third-order valence-corrected chi connectivity index (χ3v) is 8.10. The zero-order valence-electron chi connectivity index (χ0n) is 16.3. The van der Waals surface area contributed by atoms with Crippen LogP contribution in [0.1, 0.15) is 31.2 Å². The molecule has 0 aromatic heterocycles. The molecule has 4 rings (SSSR count). The first-order chi connectivity index (χ1) is 13.8. The van der Waals surface area contributed by atoms with Crippen molar-refractivity contribution in [2.24, 2.45) is 11.8 Å². The Balaban J connectivity index is 1.60. The van der Waals surface area contributed by atoms with Gasteiger partial charge in [0.05, 0.1) is 10.6 Å². The van der Waals surface area contributed by atoms with Gasteiger partial charge in [-0.15, -0.1) is 0 Å². The Hall–Kier alpha value is -2.05. The van der Waals surface area contributed by atoms with Crippen LogP contribution in [0.2, 0.25) is 5.02 Å². The number of halogens is 1. The van der Waals surface area contributed by atoms with E-state index in [1.165, 1.54) is 41.4 Å². The summed E-state index contributed by atoms with van der Waals surface area (Å²) in [7, 11) is -3.91. The molecule has 1 N–H and O–H groups in total. The van der Waals surface area contributed by atoms with E-state index in [0.29, 0.717) is 22.5 Å². The van der Waals surface area contributed by atoms with Crippen molar-refractivity contribution < 1.29 is 13.2 Å². The van der Waals surface area contributed by atoms with Crippen LogP contribution in [0.25, 0.3) is 0 Å². The standard InChI is InChI=1S/C22H25ClN2O3S/c1-15-3-2-4-19(11-15)25(29(27,28)20-9-7-18(23)8-10-20)14-22(26)24-21-13-16-5-6-17(21)12-16/h2-4,7-11,16-17,21H,5-6,12-14H2,1H3,(H,24,26)/t16-,17+,21-/m1/s1. The minimum atomic E-state index is -3.91. The Bertz CT molecular complexity index is 1010. The average Bonchev–Trinajstić information content (AvgIpc) is 3.29. The van der Waals surface area contributed by atoms with Crippen LogP contribution >= 0.6 is 11.6 Å². The number of amides is 1. The van der Waals surface area contributed by atoms with Gasteiger partial charge in [0.15, 0.2) is 0 Å². The number of nitrogens with zero attached hydrogens (tertiary/aromatic N) is 1. The average molecular weight is 433 g/mol. The number of nitrogens with one attached hydrogen (secondary N) is 1. The predicted octanol–water partition coefficient (Wildman–Crippen LogP) is 4.15. The van der Waals surface area contributed by atoms with Gasteiger partial charge in [0, 0.05) is 11.1 Å². The van der Waals surface area contributed by atoms with Gasteiger partial charge in [-0.3, -0.25) is 9.10 Å². The number of hydrogen-bond donors (Lipinski definition) is 1. The van der Waals surface area contributed by atoms with Crippen molar-refractivity contribution in [3.8, 4) is 0 Å². The number of aryl methyl sites for hydroxylation is 1. The second-order valence-electron chi connectivity index (χ2n) is 8.15. The highest BCUT2D eigenvalue weighted by Gasteiger charge is 2.40. The Morgan fingerprint density at radius 1 is 1.14 bits per heavy atom. The van der Waals surface area contributed by atoms with Gasteiger partial charge < -0.3 is 5.32 Å². The zero-order valence-corrected chi connectivity index (χ0v) is 17.9. The lowest BCUT2D eigenvalue weighted by Crippen LogP contribution is -2.46. The fourth-order valence-electron chi connectivity index (χ4n) is 4.64. The lowest BCUT2D eigenvalue weighted by Gasteiger charge is -2.27. The van der Waals surface area contributed by atoms with E-state index >= 15 is 0 Å². The molecule has 7 heteroatoms. The SMILES string of the molecule is Cc1cccc(N(CC(=O)N[C@@H]2C[C@@H]3CC[C@H]2C3)S(=O)(=O)c2ccc(Cl)cc2)c1. The van der Waals surface area contributed by atoms with E-state index in [1.54, 1.807) is 18.2 Å². The summed E-state index contributed by atoms with van der Waals surface area (Å²) in [4.78, 5) is 12.9. The number of carbonyl (C=O) groups is 1. The molecule has 2 saturated carbocycles. The summed E-state index contributed by atoms with van der Waals surface area (Å²) >= 11 is 5.92. The van der Waals surface area contributed by atoms with Crippen molar-refractivity contribution in [3.05, 3.63) is 59.1 Å². The predicted molar refractivity (Wildman–Crippen MR) is 115 cm³/mol. The molecule has 29 heavy (non-hydrogen) atoms. The van der Waals surface area contributed by atoms with E-state index in [-0.39, 0.29) is 23.4 Å². The first-order valence-corrected chi connectivity index (χ1v) is 11.8. The lowest BCUT2D eigenvalue weighted by atomic mass is 9.95. The van der Waals surface area contributed by atoms with Gasteiger partial charge in [-0.05, 0) is 80.0 Å². The number of rotatable bonds is 6. The first-order valence-electron chi connectivity index (χ1n) is 9.97. The summed E-state index contributed by atoms with van der Waals surface area (Å²) in [6.07, 6.45) is 4.58. The van der Waals surface area contributed by atoms with Gasteiger partial charge in [-0.1, -0.05) is 30.2 Å². The molecule has 2 fully saturated rings. The molecule has 2 aliphatic rings.